The van der Waals surface area contributed by atoms with Crippen LogP contribution in [0.2, 0.25) is 0 Å². The minimum atomic E-state index is -2.56. The zero-order valence-electron chi connectivity index (χ0n) is 9.70. The smallest absolute Gasteiger partial charge is 0.323 e. The van der Waals surface area contributed by atoms with Gasteiger partial charge in [0.1, 0.15) is 13.2 Å². The van der Waals surface area contributed by atoms with E-state index in [2.05, 4.69) is 4.74 Å². The first-order valence-corrected chi connectivity index (χ1v) is 5.32. The Morgan fingerprint density at radius 2 is 2.06 bits per heavy atom. The highest BCUT2D eigenvalue weighted by Crippen LogP contribution is 1.99. The maximum absolute atomic E-state index is 11.7. The van der Waals surface area contributed by atoms with Crippen LogP contribution in [0.15, 0.2) is 0 Å². The van der Waals surface area contributed by atoms with E-state index in [0.717, 1.165) is 0 Å². The molecule has 0 saturated heterocycles. The molecule has 0 aliphatic carbocycles. The minimum Gasteiger partial charge on any atom is -0.480 e. The SMILES string of the molecule is CCCN(CC(=O)O)C(=O)CCOCC(F)F. The number of carbonyl (C=O) groups is 2. The number of halogens is 2. The predicted octanol–water partition coefficient (Wildman–Crippen LogP) is 0.981. The van der Waals surface area contributed by atoms with E-state index in [9.17, 15) is 18.4 Å². The van der Waals surface area contributed by atoms with Gasteiger partial charge in [-0.15, -0.1) is 0 Å². The van der Waals surface area contributed by atoms with E-state index in [4.69, 9.17) is 5.11 Å². The van der Waals surface area contributed by atoms with Crippen molar-refractivity contribution < 1.29 is 28.2 Å². The van der Waals surface area contributed by atoms with Gasteiger partial charge in [0.05, 0.1) is 13.0 Å². The Morgan fingerprint density at radius 3 is 2.53 bits per heavy atom. The summed E-state index contributed by atoms with van der Waals surface area (Å²) in [6, 6.07) is 0. The number of hydrogen-bond donors (Lipinski definition) is 1. The van der Waals surface area contributed by atoms with E-state index < -0.39 is 24.9 Å². The molecule has 0 aromatic rings. The molecule has 0 fully saturated rings. The van der Waals surface area contributed by atoms with Gasteiger partial charge in [-0.1, -0.05) is 6.92 Å². The van der Waals surface area contributed by atoms with Crippen LogP contribution in [-0.2, 0) is 14.3 Å². The molecule has 7 heteroatoms. The molecule has 100 valence electrons. The maximum Gasteiger partial charge on any atom is 0.323 e. The molecule has 17 heavy (non-hydrogen) atoms. The maximum atomic E-state index is 11.7. The summed E-state index contributed by atoms with van der Waals surface area (Å²) < 4.78 is 28.0. The lowest BCUT2D eigenvalue weighted by Gasteiger charge is -2.19. The second-order valence-electron chi connectivity index (χ2n) is 3.43. The molecule has 0 unspecified atom stereocenters. The van der Waals surface area contributed by atoms with Crippen molar-refractivity contribution in [2.24, 2.45) is 0 Å². The van der Waals surface area contributed by atoms with Gasteiger partial charge in [-0.2, -0.15) is 0 Å². The number of rotatable bonds is 9. The standard InChI is InChI=1S/C10H17F2NO4/c1-2-4-13(6-10(15)16)9(14)3-5-17-7-8(11)12/h8H,2-7H2,1H3,(H,15,16). The number of alkyl halides is 2. The molecule has 0 spiro atoms. The lowest BCUT2D eigenvalue weighted by molar-refractivity contribution is -0.145. The summed E-state index contributed by atoms with van der Waals surface area (Å²) in [4.78, 5) is 23.2. The summed E-state index contributed by atoms with van der Waals surface area (Å²) in [7, 11) is 0. The van der Waals surface area contributed by atoms with Gasteiger partial charge in [-0.3, -0.25) is 9.59 Å². The quantitative estimate of drug-likeness (QED) is 0.622. The average Bonchev–Trinajstić information content (AvgIpc) is 2.22. The summed E-state index contributed by atoms with van der Waals surface area (Å²) in [6.45, 7) is 0.944. The topological polar surface area (TPSA) is 66.8 Å². The minimum absolute atomic E-state index is 0.0833. The Bertz CT molecular complexity index is 248. The number of nitrogens with zero attached hydrogens (tertiary/aromatic N) is 1. The van der Waals surface area contributed by atoms with Crippen LogP contribution in [0, 0.1) is 0 Å². The Morgan fingerprint density at radius 1 is 1.41 bits per heavy atom. The largest absolute Gasteiger partial charge is 0.480 e. The van der Waals surface area contributed by atoms with Crippen molar-refractivity contribution in [1.82, 2.24) is 4.90 Å². The van der Waals surface area contributed by atoms with Crippen molar-refractivity contribution in [3.05, 3.63) is 0 Å². The highest BCUT2D eigenvalue weighted by Gasteiger charge is 2.15. The van der Waals surface area contributed by atoms with Gasteiger partial charge in [0.25, 0.3) is 6.43 Å². The van der Waals surface area contributed by atoms with Crippen LogP contribution in [0.3, 0.4) is 0 Å². The lowest BCUT2D eigenvalue weighted by atomic mass is 10.3. The van der Waals surface area contributed by atoms with Gasteiger partial charge in [-0.25, -0.2) is 8.78 Å². The van der Waals surface area contributed by atoms with Gasteiger partial charge < -0.3 is 14.7 Å². The number of carboxylic acid groups (broad SMARTS) is 1. The normalized spacial score (nSPS) is 10.6. The fourth-order valence-corrected chi connectivity index (χ4v) is 1.22. The molecule has 0 saturated carbocycles. The molecule has 1 amide bonds. The van der Waals surface area contributed by atoms with E-state index in [-0.39, 0.29) is 19.6 Å². The zero-order chi connectivity index (χ0) is 13.3. The van der Waals surface area contributed by atoms with E-state index in [0.29, 0.717) is 13.0 Å². The molecule has 0 atom stereocenters. The fraction of sp³-hybridized carbons (Fsp3) is 0.800. The summed E-state index contributed by atoms with van der Waals surface area (Å²) in [6.07, 6.45) is -2.01. The van der Waals surface area contributed by atoms with Crippen LogP contribution in [-0.4, -0.2) is 54.6 Å². The Labute approximate surface area is 98.3 Å². The Hall–Kier alpha value is -1.24. The van der Waals surface area contributed by atoms with Gasteiger partial charge in [0.15, 0.2) is 0 Å². The average molecular weight is 253 g/mol. The summed E-state index contributed by atoms with van der Waals surface area (Å²) in [5, 5.41) is 8.58. The first-order chi connectivity index (χ1) is 7.97. The van der Waals surface area contributed by atoms with Crippen molar-refractivity contribution >= 4 is 11.9 Å². The van der Waals surface area contributed by atoms with Gasteiger partial charge >= 0.3 is 5.97 Å². The number of carbonyl (C=O) groups excluding carboxylic acids is 1. The third-order valence-corrected chi connectivity index (χ3v) is 1.88. The molecular formula is C10H17F2NO4. The lowest BCUT2D eigenvalue weighted by Crippen LogP contribution is -2.36. The first kappa shape index (κ1) is 15.8. The predicted molar refractivity (Wildman–Crippen MR) is 55.9 cm³/mol. The zero-order valence-corrected chi connectivity index (χ0v) is 9.70. The third-order valence-electron chi connectivity index (χ3n) is 1.88. The van der Waals surface area contributed by atoms with E-state index in [1.807, 2.05) is 6.92 Å². The molecule has 0 aliphatic heterocycles. The van der Waals surface area contributed by atoms with Crippen LogP contribution in [0.25, 0.3) is 0 Å². The number of aliphatic carboxylic acids is 1. The number of carboxylic acids is 1. The van der Waals surface area contributed by atoms with Gasteiger partial charge in [0, 0.05) is 6.54 Å². The van der Waals surface area contributed by atoms with Crippen molar-refractivity contribution in [3.63, 3.8) is 0 Å². The van der Waals surface area contributed by atoms with Crippen molar-refractivity contribution in [3.8, 4) is 0 Å². The van der Waals surface area contributed by atoms with Gasteiger partial charge in [-0.05, 0) is 6.42 Å². The molecule has 0 aromatic heterocycles. The van der Waals surface area contributed by atoms with E-state index in [1.165, 1.54) is 4.90 Å². The van der Waals surface area contributed by atoms with Crippen LogP contribution < -0.4 is 0 Å². The van der Waals surface area contributed by atoms with Crippen molar-refractivity contribution in [2.75, 3.05) is 26.3 Å². The highest BCUT2D eigenvalue weighted by atomic mass is 19.3. The molecule has 0 aliphatic rings. The third kappa shape index (κ3) is 8.56. The molecule has 1 N–H and O–H groups in total. The second-order valence-corrected chi connectivity index (χ2v) is 3.43. The molecule has 0 radical (unpaired) electrons. The summed E-state index contributed by atoms with van der Waals surface area (Å²) in [5.41, 5.74) is 0. The molecule has 0 aromatic carbocycles. The highest BCUT2D eigenvalue weighted by molar-refractivity contribution is 5.81. The number of ether oxygens (including phenoxy) is 1. The summed E-state index contributed by atoms with van der Waals surface area (Å²) in [5.74, 6) is -1.50. The fourth-order valence-electron chi connectivity index (χ4n) is 1.22. The number of hydrogen-bond acceptors (Lipinski definition) is 3. The van der Waals surface area contributed by atoms with Crippen LogP contribution in [0.1, 0.15) is 19.8 Å². The molecule has 0 heterocycles. The van der Waals surface area contributed by atoms with Crippen LogP contribution in [0.4, 0.5) is 8.78 Å². The number of amides is 1. The van der Waals surface area contributed by atoms with E-state index in [1.54, 1.807) is 0 Å². The molecule has 0 bridgehead atoms. The Kier molecular flexibility index (Phi) is 8.21. The monoisotopic (exact) mass is 253 g/mol. The molecule has 0 rings (SSSR count). The summed E-state index contributed by atoms with van der Waals surface area (Å²) >= 11 is 0. The van der Waals surface area contributed by atoms with Gasteiger partial charge in [0.2, 0.25) is 5.91 Å². The van der Waals surface area contributed by atoms with Crippen LogP contribution in [0.5, 0.6) is 0 Å². The van der Waals surface area contributed by atoms with Crippen molar-refractivity contribution in [1.29, 1.82) is 0 Å². The first-order valence-electron chi connectivity index (χ1n) is 5.32. The molecule has 5 nitrogen and oxygen atoms in total. The Balaban J connectivity index is 3.92. The molecular weight excluding hydrogens is 236 g/mol. The van der Waals surface area contributed by atoms with Crippen molar-refractivity contribution in [2.45, 2.75) is 26.2 Å². The van der Waals surface area contributed by atoms with Crippen LogP contribution >= 0.6 is 0 Å². The second kappa shape index (κ2) is 8.86. The van der Waals surface area contributed by atoms with E-state index >= 15 is 0 Å².